The van der Waals surface area contributed by atoms with Crippen LogP contribution < -0.4 is 5.32 Å². The minimum atomic E-state index is -0.448. The van der Waals surface area contributed by atoms with Gasteiger partial charge >= 0.3 is 6.09 Å². The average molecular weight is 304 g/mol. The van der Waals surface area contributed by atoms with Gasteiger partial charge in [0.15, 0.2) is 0 Å². The molecule has 0 aromatic heterocycles. The number of hydrogen-bond donors (Lipinski definition) is 1. The molecular weight excluding hydrogens is 276 g/mol. The van der Waals surface area contributed by atoms with Gasteiger partial charge in [0.25, 0.3) is 0 Å². The van der Waals surface area contributed by atoms with Crippen molar-refractivity contribution in [1.82, 2.24) is 10.2 Å². The number of ether oxygens (including phenoxy) is 1. The maximum atomic E-state index is 12.2. The Morgan fingerprint density at radius 3 is 2.45 bits per heavy atom. The van der Waals surface area contributed by atoms with E-state index < -0.39 is 5.60 Å². The van der Waals surface area contributed by atoms with Crippen molar-refractivity contribution in [1.29, 1.82) is 0 Å². The van der Waals surface area contributed by atoms with E-state index in [-0.39, 0.29) is 12.1 Å². The maximum absolute atomic E-state index is 12.2. The predicted octanol–water partition coefficient (Wildman–Crippen LogP) is 3.69. The van der Waals surface area contributed by atoms with E-state index in [2.05, 4.69) is 43.4 Å². The average Bonchev–Trinajstić information content (AvgIpc) is 2.46. The highest BCUT2D eigenvalue weighted by atomic mass is 16.6. The van der Waals surface area contributed by atoms with Crippen LogP contribution in [-0.2, 0) is 4.74 Å². The molecule has 22 heavy (non-hydrogen) atoms. The third-order valence-electron chi connectivity index (χ3n) is 3.83. The van der Waals surface area contributed by atoms with Crippen LogP contribution in [0.1, 0.15) is 57.7 Å². The molecule has 0 bridgehead atoms. The second-order valence-corrected chi connectivity index (χ2v) is 7.25. The number of nitrogens with one attached hydrogen (secondary N) is 1. The highest BCUT2D eigenvalue weighted by Crippen LogP contribution is 2.22. The van der Waals surface area contributed by atoms with Gasteiger partial charge in [-0.05, 0) is 37.8 Å². The van der Waals surface area contributed by atoms with Crippen LogP contribution in [0.4, 0.5) is 4.79 Å². The van der Waals surface area contributed by atoms with Crippen LogP contribution in [0.5, 0.6) is 0 Å². The summed E-state index contributed by atoms with van der Waals surface area (Å²) in [6.07, 6.45) is -0.224. The van der Waals surface area contributed by atoms with E-state index in [1.807, 2.05) is 20.8 Å². The molecule has 1 aromatic carbocycles. The third kappa shape index (κ3) is 4.47. The van der Waals surface area contributed by atoms with Crippen molar-refractivity contribution >= 4 is 6.09 Å². The Labute approximate surface area is 133 Å². The molecule has 1 N–H and O–H groups in total. The van der Waals surface area contributed by atoms with E-state index in [1.165, 1.54) is 11.1 Å². The van der Waals surface area contributed by atoms with Gasteiger partial charge in [-0.2, -0.15) is 0 Å². The first-order valence-electron chi connectivity index (χ1n) is 8.07. The van der Waals surface area contributed by atoms with Crippen LogP contribution >= 0.6 is 0 Å². The van der Waals surface area contributed by atoms with Crippen LogP contribution in [0.2, 0.25) is 0 Å². The monoisotopic (exact) mass is 304 g/mol. The predicted molar refractivity (Wildman–Crippen MR) is 89.1 cm³/mol. The molecule has 1 heterocycles. The zero-order chi connectivity index (χ0) is 16.3. The summed E-state index contributed by atoms with van der Waals surface area (Å²) in [7, 11) is 0. The summed E-state index contributed by atoms with van der Waals surface area (Å²) in [5, 5.41) is 3.48. The Balaban J connectivity index is 2.02. The van der Waals surface area contributed by atoms with Crippen LogP contribution in [0.25, 0.3) is 0 Å². The lowest BCUT2D eigenvalue weighted by Gasteiger charge is -2.35. The fraction of sp³-hybridized carbons (Fsp3) is 0.611. The van der Waals surface area contributed by atoms with E-state index >= 15 is 0 Å². The molecule has 1 atom stereocenters. The molecule has 2 rings (SSSR count). The Bertz CT molecular complexity index is 503. The van der Waals surface area contributed by atoms with E-state index in [1.54, 1.807) is 4.90 Å². The molecule has 4 nitrogen and oxygen atoms in total. The number of nitrogens with zero attached hydrogens (tertiary/aromatic N) is 1. The highest BCUT2D eigenvalue weighted by molar-refractivity contribution is 5.68. The summed E-state index contributed by atoms with van der Waals surface area (Å²) in [6, 6.07) is 8.84. The normalized spacial score (nSPS) is 19.4. The maximum Gasteiger partial charge on any atom is 0.410 e. The standard InChI is InChI=1S/C18H28N2O2/c1-13(2)14-6-8-15(9-7-14)16-12-20(11-10-19-16)17(21)22-18(3,4)5/h6-9,13,16,19H,10-12H2,1-5H3/t16-/m0/s1. The largest absolute Gasteiger partial charge is 0.444 e. The fourth-order valence-electron chi connectivity index (χ4n) is 2.58. The van der Waals surface area contributed by atoms with Gasteiger partial charge in [0.05, 0.1) is 6.04 Å². The van der Waals surface area contributed by atoms with Crippen LogP contribution in [0, 0.1) is 0 Å². The van der Waals surface area contributed by atoms with Gasteiger partial charge in [0.1, 0.15) is 5.60 Å². The van der Waals surface area contributed by atoms with E-state index in [0.717, 1.165) is 6.54 Å². The molecule has 1 aliphatic heterocycles. The lowest BCUT2D eigenvalue weighted by Crippen LogP contribution is -2.49. The Morgan fingerprint density at radius 2 is 1.91 bits per heavy atom. The Kier molecular flexibility index (Phi) is 5.12. The molecule has 0 unspecified atom stereocenters. The minimum Gasteiger partial charge on any atom is -0.444 e. The number of carbonyl (C=O) groups is 1. The van der Waals surface area contributed by atoms with E-state index in [0.29, 0.717) is 19.0 Å². The van der Waals surface area contributed by atoms with Gasteiger partial charge in [-0.25, -0.2) is 4.79 Å². The van der Waals surface area contributed by atoms with Gasteiger partial charge in [-0.1, -0.05) is 38.1 Å². The molecule has 0 spiro atoms. The van der Waals surface area contributed by atoms with Crippen molar-refractivity contribution in [2.75, 3.05) is 19.6 Å². The van der Waals surface area contributed by atoms with Crippen molar-refractivity contribution in [2.45, 2.75) is 52.2 Å². The van der Waals surface area contributed by atoms with Gasteiger partial charge in [0, 0.05) is 19.6 Å². The van der Waals surface area contributed by atoms with Gasteiger partial charge < -0.3 is 15.0 Å². The highest BCUT2D eigenvalue weighted by Gasteiger charge is 2.27. The summed E-state index contributed by atoms with van der Waals surface area (Å²) in [5.41, 5.74) is 2.11. The molecule has 0 radical (unpaired) electrons. The Morgan fingerprint density at radius 1 is 1.27 bits per heavy atom. The molecule has 1 aromatic rings. The first-order chi connectivity index (χ1) is 10.3. The molecule has 1 amide bonds. The first kappa shape index (κ1) is 16.8. The van der Waals surface area contributed by atoms with Crippen LogP contribution in [0.15, 0.2) is 24.3 Å². The van der Waals surface area contributed by atoms with E-state index in [4.69, 9.17) is 4.74 Å². The number of rotatable bonds is 2. The van der Waals surface area contributed by atoms with Gasteiger partial charge in [-0.3, -0.25) is 0 Å². The van der Waals surface area contributed by atoms with Crippen molar-refractivity contribution in [3.05, 3.63) is 35.4 Å². The number of carbonyl (C=O) groups excluding carboxylic acids is 1. The zero-order valence-electron chi connectivity index (χ0n) is 14.3. The molecule has 0 aliphatic carbocycles. The number of amides is 1. The van der Waals surface area contributed by atoms with Crippen molar-refractivity contribution < 1.29 is 9.53 Å². The van der Waals surface area contributed by atoms with Gasteiger partial charge in [-0.15, -0.1) is 0 Å². The van der Waals surface area contributed by atoms with Crippen molar-refractivity contribution in [2.24, 2.45) is 0 Å². The van der Waals surface area contributed by atoms with Crippen LogP contribution in [0.3, 0.4) is 0 Å². The molecule has 1 aliphatic rings. The zero-order valence-corrected chi connectivity index (χ0v) is 14.3. The summed E-state index contributed by atoms with van der Waals surface area (Å²) in [5.74, 6) is 0.534. The number of hydrogen-bond acceptors (Lipinski definition) is 3. The molecular formula is C18H28N2O2. The quantitative estimate of drug-likeness (QED) is 0.906. The molecule has 122 valence electrons. The molecule has 1 fully saturated rings. The fourth-order valence-corrected chi connectivity index (χ4v) is 2.58. The number of benzene rings is 1. The van der Waals surface area contributed by atoms with Crippen molar-refractivity contribution in [3.8, 4) is 0 Å². The SMILES string of the molecule is CC(C)c1ccc([C@@H]2CN(C(=O)OC(C)(C)C)CCN2)cc1. The Hall–Kier alpha value is -1.55. The lowest BCUT2D eigenvalue weighted by atomic mass is 9.98. The van der Waals surface area contributed by atoms with Crippen LogP contribution in [-0.4, -0.2) is 36.2 Å². The number of piperazine rings is 1. The second kappa shape index (κ2) is 6.69. The summed E-state index contributed by atoms with van der Waals surface area (Å²) >= 11 is 0. The topological polar surface area (TPSA) is 41.6 Å². The molecule has 1 saturated heterocycles. The van der Waals surface area contributed by atoms with Crippen molar-refractivity contribution in [3.63, 3.8) is 0 Å². The first-order valence-corrected chi connectivity index (χ1v) is 8.07. The molecule has 4 heteroatoms. The summed E-state index contributed by atoms with van der Waals surface area (Å²) in [6.45, 7) is 12.2. The lowest BCUT2D eigenvalue weighted by molar-refractivity contribution is 0.0195. The van der Waals surface area contributed by atoms with E-state index in [9.17, 15) is 4.79 Å². The summed E-state index contributed by atoms with van der Waals surface area (Å²) in [4.78, 5) is 14.0. The smallest absolute Gasteiger partial charge is 0.410 e. The second-order valence-electron chi connectivity index (χ2n) is 7.25. The summed E-state index contributed by atoms with van der Waals surface area (Å²) < 4.78 is 5.47. The minimum absolute atomic E-state index is 0.169. The molecule has 0 saturated carbocycles. The van der Waals surface area contributed by atoms with Gasteiger partial charge in [0.2, 0.25) is 0 Å². The third-order valence-corrected chi connectivity index (χ3v) is 3.83.